The number of ether oxygens (including phenoxy) is 3. The number of rotatable bonds is 6. The van der Waals surface area contributed by atoms with Crippen molar-refractivity contribution in [2.45, 2.75) is 20.3 Å². The van der Waals surface area contributed by atoms with Gasteiger partial charge >= 0.3 is 12.2 Å². The van der Waals surface area contributed by atoms with E-state index in [1.165, 1.54) is 23.3 Å². The minimum Gasteiger partial charge on any atom is -0.445 e. The van der Waals surface area contributed by atoms with E-state index in [0.717, 1.165) is 6.42 Å². The first-order valence-corrected chi connectivity index (χ1v) is 6.50. The van der Waals surface area contributed by atoms with Gasteiger partial charge in [-0.15, -0.1) is 0 Å². The number of allylic oxidation sites excluding steroid dienone is 3. The molecule has 0 atom stereocenters. The lowest BCUT2D eigenvalue weighted by Gasteiger charge is -2.07. The normalized spacial score (nSPS) is 11.4. The number of carbonyl (C=O) groups is 2. The molecule has 0 aliphatic carbocycles. The SMILES string of the molecule is C/C=C(\C=C/CC)OC(=O)OCCOC(=O)n1ccnc1. The van der Waals surface area contributed by atoms with Crippen molar-refractivity contribution < 1.29 is 23.8 Å². The first-order valence-electron chi connectivity index (χ1n) is 6.50. The third-order valence-electron chi connectivity index (χ3n) is 2.25. The number of carbonyl (C=O) groups excluding carboxylic acids is 2. The highest BCUT2D eigenvalue weighted by Gasteiger charge is 2.08. The van der Waals surface area contributed by atoms with Crippen LogP contribution in [0.1, 0.15) is 20.3 Å². The highest BCUT2D eigenvalue weighted by Crippen LogP contribution is 2.02. The molecule has 0 amide bonds. The molecular formula is C14H18N2O5. The maximum atomic E-state index is 11.4. The Bertz CT molecular complexity index is 505. The molecule has 1 heterocycles. The average Bonchev–Trinajstić information content (AvgIpc) is 3.02. The summed E-state index contributed by atoms with van der Waals surface area (Å²) in [6, 6.07) is 0. The van der Waals surface area contributed by atoms with Crippen LogP contribution in [-0.4, -0.2) is 35.0 Å². The van der Waals surface area contributed by atoms with E-state index in [2.05, 4.69) is 4.98 Å². The Morgan fingerprint density at radius 2 is 2.05 bits per heavy atom. The van der Waals surface area contributed by atoms with Gasteiger partial charge in [-0.05, 0) is 25.5 Å². The summed E-state index contributed by atoms with van der Waals surface area (Å²) in [4.78, 5) is 26.5. The Morgan fingerprint density at radius 1 is 1.29 bits per heavy atom. The molecule has 1 rings (SSSR count). The summed E-state index contributed by atoms with van der Waals surface area (Å²) < 4.78 is 15.8. The Kier molecular flexibility index (Phi) is 7.34. The Morgan fingerprint density at radius 3 is 2.67 bits per heavy atom. The highest BCUT2D eigenvalue weighted by molar-refractivity contribution is 5.70. The Balaban J connectivity index is 2.21. The van der Waals surface area contributed by atoms with Crippen LogP contribution in [-0.2, 0) is 14.2 Å². The summed E-state index contributed by atoms with van der Waals surface area (Å²) in [5.74, 6) is 0.400. The van der Waals surface area contributed by atoms with Crippen molar-refractivity contribution in [1.29, 1.82) is 0 Å². The highest BCUT2D eigenvalue weighted by atomic mass is 16.7. The van der Waals surface area contributed by atoms with Crippen LogP contribution >= 0.6 is 0 Å². The van der Waals surface area contributed by atoms with Crippen LogP contribution in [0, 0.1) is 0 Å². The van der Waals surface area contributed by atoms with Gasteiger partial charge in [-0.3, -0.25) is 0 Å². The quantitative estimate of drug-likeness (QED) is 0.347. The number of hydrogen-bond donors (Lipinski definition) is 0. The predicted octanol–water partition coefficient (Wildman–Crippen LogP) is 2.89. The summed E-state index contributed by atoms with van der Waals surface area (Å²) >= 11 is 0. The summed E-state index contributed by atoms with van der Waals surface area (Å²) in [6.45, 7) is 3.56. The van der Waals surface area contributed by atoms with Crippen LogP contribution in [0.5, 0.6) is 0 Å². The van der Waals surface area contributed by atoms with E-state index in [1.54, 1.807) is 19.1 Å². The molecule has 0 fully saturated rings. The molecule has 0 aliphatic rings. The van der Waals surface area contributed by atoms with Crippen LogP contribution in [0.3, 0.4) is 0 Å². The molecule has 0 aliphatic heterocycles. The molecule has 0 aromatic carbocycles. The molecule has 114 valence electrons. The van der Waals surface area contributed by atoms with E-state index in [9.17, 15) is 9.59 Å². The van der Waals surface area contributed by atoms with Crippen molar-refractivity contribution in [1.82, 2.24) is 9.55 Å². The smallest absolute Gasteiger partial charge is 0.445 e. The minimum atomic E-state index is -0.845. The molecule has 0 bridgehead atoms. The zero-order valence-electron chi connectivity index (χ0n) is 12.0. The van der Waals surface area contributed by atoms with Crippen LogP contribution in [0.2, 0.25) is 0 Å². The number of hydrogen-bond acceptors (Lipinski definition) is 6. The molecular weight excluding hydrogens is 276 g/mol. The lowest BCUT2D eigenvalue weighted by molar-refractivity contribution is 0.0567. The number of imidazole rings is 1. The summed E-state index contributed by atoms with van der Waals surface area (Å²) in [5.41, 5.74) is 0. The van der Waals surface area contributed by atoms with E-state index >= 15 is 0 Å². The second kappa shape index (κ2) is 9.35. The summed E-state index contributed by atoms with van der Waals surface area (Å²) in [7, 11) is 0. The van der Waals surface area contributed by atoms with E-state index in [4.69, 9.17) is 14.2 Å². The third kappa shape index (κ3) is 6.42. The van der Waals surface area contributed by atoms with Crippen LogP contribution in [0.15, 0.2) is 42.7 Å². The monoisotopic (exact) mass is 294 g/mol. The largest absolute Gasteiger partial charge is 0.513 e. The number of nitrogens with zero attached hydrogens (tertiary/aromatic N) is 2. The maximum absolute atomic E-state index is 11.4. The molecule has 1 aromatic heterocycles. The summed E-state index contributed by atoms with van der Waals surface area (Å²) in [6.07, 6.45) is 8.80. The molecule has 7 heteroatoms. The van der Waals surface area contributed by atoms with Gasteiger partial charge in [0.05, 0.1) is 0 Å². The van der Waals surface area contributed by atoms with Gasteiger partial charge in [-0.2, -0.15) is 0 Å². The zero-order valence-corrected chi connectivity index (χ0v) is 12.0. The second-order valence-electron chi connectivity index (χ2n) is 3.79. The minimum absolute atomic E-state index is 0.0674. The fourth-order valence-corrected chi connectivity index (χ4v) is 1.24. The van der Waals surface area contributed by atoms with Gasteiger partial charge in [0.25, 0.3) is 0 Å². The predicted molar refractivity (Wildman–Crippen MR) is 74.6 cm³/mol. The molecule has 0 saturated heterocycles. The van der Waals surface area contributed by atoms with E-state index in [-0.39, 0.29) is 13.2 Å². The van der Waals surface area contributed by atoms with E-state index < -0.39 is 12.2 Å². The molecule has 0 N–H and O–H groups in total. The van der Waals surface area contributed by atoms with Gasteiger partial charge in [0.15, 0.2) is 0 Å². The fourth-order valence-electron chi connectivity index (χ4n) is 1.24. The Hall–Kier alpha value is -2.57. The summed E-state index contributed by atoms with van der Waals surface area (Å²) in [5, 5.41) is 0. The Labute approximate surface area is 122 Å². The molecule has 0 saturated carbocycles. The van der Waals surface area contributed by atoms with Gasteiger partial charge in [0, 0.05) is 12.4 Å². The van der Waals surface area contributed by atoms with Crippen molar-refractivity contribution in [3.63, 3.8) is 0 Å². The fraction of sp³-hybridized carbons (Fsp3) is 0.357. The third-order valence-corrected chi connectivity index (χ3v) is 2.25. The van der Waals surface area contributed by atoms with Gasteiger partial charge in [0.2, 0.25) is 0 Å². The van der Waals surface area contributed by atoms with Gasteiger partial charge in [-0.25, -0.2) is 19.1 Å². The molecule has 21 heavy (non-hydrogen) atoms. The molecule has 0 spiro atoms. The van der Waals surface area contributed by atoms with Crippen molar-refractivity contribution in [3.05, 3.63) is 42.7 Å². The molecule has 0 radical (unpaired) electrons. The zero-order chi connectivity index (χ0) is 15.5. The molecule has 1 aromatic rings. The molecule has 0 unspecified atom stereocenters. The van der Waals surface area contributed by atoms with E-state index in [1.807, 2.05) is 13.0 Å². The van der Waals surface area contributed by atoms with Crippen LogP contribution < -0.4 is 0 Å². The second-order valence-corrected chi connectivity index (χ2v) is 3.79. The van der Waals surface area contributed by atoms with Gasteiger partial charge < -0.3 is 14.2 Å². The van der Waals surface area contributed by atoms with Gasteiger partial charge in [0.1, 0.15) is 25.3 Å². The topological polar surface area (TPSA) is 79.7 Å². The van der Waals surface area contributed by atoms with Crippen LogP contribution in [0.25, 0.3) is 0 Å². The first kappa shape index (κ1) is 16.5. The standard InChI is InChI=1S/C14H18N2O5/c1-3-5-6-12(4-2)21-14(18)20-10-9-19-13(17)16-8-7-15-11-16/h4-8,11H,3,9-10H2,1-2H3/b6-5-,12-4+. The maximum Gasteiger partial charge on any atom is 0.513 e. The van der Waals surface area contributed by atoms with Crippen LogP contribution in [0.4, 0.5) is 9.59 Å². The van der Waals surface area contributed by atoms with Crippen molar-refractivity contribution in [2.24, 2.45) is 0 Å². The van der Waals surface area contributed by atoms with Crippen molar-refractivity contribution in [2.75, 3.05) is 13.2 Å². The lowest BCUT2D eigenvalue weighted by atomic mass is 10.3. The van der Waals surface area contributed by atoms with E-state index in [0.29, 0.717) is 5.76 Å². The van der Waals surface area contributed by atoms with Crippen molar-refractivity contribution in [3.8, 4) is 0 Å². The first-order chi connectivity index (χ1) is 10.2. The van der Waals surface area contributed by atoms with Crippen molar-refractivity contribution >= 4 is 12.2 Å². The average molecular weight is 294 g/mol. The number of aromatic nitrogens is 2. The lowest BCUT2D eigenvalue weighted by Crippen LogP contribution is -2.17. The van der Waals surface area contributed by atoms with Gasteiger partial charge in [-0.1, -0.05) is 13.0 Å². The molecule has 7 nitrogen and oxygen atoms in total.